The molecule has 0 amide bonds. The van der Waals surface area contributed by atoms with Gasteiger partial charge in [0.2, 0.25) is 29.5 Å². The van der Waals surface area contributed by atoms with Crippen LogP contribution in [0, 0.1) is 0 Å². The van der Waals surface area contributed by atoms with Gasteiger partial charge in [0, 0.05) is 6.42 Å². The molecular formula is C41H36O12S3. The molecule has 56 heavy (non-hydrogen) atoms. The summed E-state index contributed by atoms with van der Waals surface area (Å²) in [5.41, 5.74) is 0. The summed E-state index contributed by atoms with van der Waals surface area (Å²) in [6.07, 6.45) is 0.511. The van der Waals surface area contributed by atoms with E-state index < -0.39 is 29.5 Å². The third kappa shape index (κ3) is 9.60. The molecule has 6 aromatic rings. The Morgan fingerprint density at radius 2 is 0.500 bits per heavy atom. The fourth-order valence-corrected chi connectivity index (χ4v) is 9.06. The number of phenols is 2. The first-order chi connectivity index (χ1) is 26.8. The van der Waals surface area contributed by atoms with E-state index in [9.17, 15) is 35.5 Å². The van der Waals surface area contributed by atoms with E-state index in [0.717, 1.165) is 0 Å². The third-order valence-electron chi connectivity index (χ3n) is 8.28. The van der Waals surface area contributed by atoms with Crippen molar-refractivity contribution in [2.75, 3.05) is 26.4 Å². The summed E-state index contributed by atoms with van der Waals surface area (Å²) in [5, 5.41) is 18.8. The van der Waals surface area contributed by atoms with Crippen LogP contribution in [0.15, 0.2) is 175 Å². The van der Waals surface area contributed by atoms with Crippen molar-refractivity contribution in [2.24, 2.45) is 0 Å². The molecule has 0 unspecified atom stereocenters. The summed E-state index contributed by atoms with van der Waals surface area (Å²) in [5.74, 6) is 1.79. The van der Waals surface area contributed by atoms with E-state index in [1.165, 1.54) is 109 Å². The van der Waals surface area contributed by atoms with Crippen LogP contribution < -0.4 is 18.9 Å². The molecule has 0 saturated carbocycles. The van der Waals surface area contributed by atoms with E-state index in [0.29, 0.717) is 42.6 Å². The second-order valence-corrected chi connectivity index (χ2v) is 18.0. The summed E-state index contributed by atoms with van der Waals surface area (Å²) in [7, 11) is -11.3. The van der Waals surface area contributed by atoms with Crippen molar-refractivity contribution in [3.05, 3.63) is 146 Å². The van der Waals surface area contributed by atoms with Crippen LogP contribution in [0.3, 0.4) is 0 Å². The Morgan fingerprint density at radius 1 is 0.304 bits per heavy atom. The zero-order valence-electron chi connectivity index (χ0n) is 29.6. The van der Waals surface area contributed by atoms with Gasteiger partial charge < -0.3 is 29.2 Å². The van der Waals surface area contributed by atoms with Gasteiger partial charge in [-0.25, -0.2) is 25.3 Å². The number of ether oxygens (including phenoxy) is 4. The highest BCUT2D eigenvalue weighted by Gasteiger charge is 2.20. The number of phenolic OH excluding ortho intramolecular Hbond substituents is 2. The van der Waals surface area contributed by atoms with E-state index in [-0.39, 0.29) is 54.1 Å². The molecule has 0 atom stereocenters. The molecule has 0 radical (unpaired) electrons. The Bertz CT molecular complexity index is 2560. The molecule has 0 aliphatic heterocycles. The summed E-state index contributed by atoms with van der Waals surface area (Å²) in [6.45, 7) is 0.896. The number of benzene rings is 6. The lowest BCUT2D eigenvalue weighted by atomic mass is 10.3. The lowest BCUT2D eigenvalue weighted by Gasteiger charge is -2.11. The van der Waals surface area contributed by atoms with E-state index >= 15 is 0 Å². The summed E-state index contributed by atoms with van der Waals surface area (Å²) in [4.78, 5) is 0.484. The lowest BCUT2D eigenvalue weighted by molar-refractivity contribution is 0.217. The first-order valence-corrected chi connectivity index (χ1v) is 21.5. The van der Waals surface area contributed by atoms with Crippen LogP contribution in [0.4, 0.5) is 0 Å². The molecule has 0 aromatic heterocycles. The fraction of sp³-hybridized carbons (Fsp3) is 0.122. The van der Waals surface area contributed by atoms with Crippen molar-refractivity contribution in [2.45, 2.75) is 35.8 Å². The van der Waals surface area contributed by atoms with Gasteiger partial charge in [-0.1, -0.05) is 0 Å². The zero-order valence-corrected chi connectivity index (χ0v) is 32.0. The Morgan fingerprint density at radius 3 is 0.732 bits per heavy atom. The number of hydrogen-bond acceptors (Lipinski definition) is 12. The largest absolute Gasteiger partial charge is 0.508 e. The molecule has 0 spiro atoms. The SMILES string of the molecule is O=S(=O)(c1ccc(O)cc1)c1ccc(OCCCOc2ccc(S(=O)(=O)c3ccc(OCCOc4ccc(S(=O)(=O)c5ccc(O)cc5)cc4)cc3)cc2)cc1. The molecule has 6 aromatic carbocycles. The van der Waals surface area contributed by atoms with Crippen molar-refractivity contribution in [3.8, 4) is 34.5 Å². The molecule has 0 heterocycles. The molecule has 290 valence electrons. The molecular weight excluding hydrogens is 781 g/mol. The highest BCUT2D eigenvalue weighted by atomic mass is 32.2. The van der Waals surface area contributed by atoms with E-state index in [4.69, 9.17) is 18.9 Å². The van der Waals surface area contributed by atoms with Crippen molar-refractivity contribution in [1.29, 1.82) is 0 Å². The van der Waals surface area contributed by atoms with Gasteiger partial charge >= 0.3 is 0 Å². The highest BCUT2D eigenvalue weighted by molar-refractivity contribution is 7.92. The average Bonchev–Trinajstić information content (AvgIpc) is 3.20. The molecule has 2 N–H and O–H groups in total. The molecule has 0 aliphatic rings. The van der Waals surface area contributed by atoms with Crippen LogP contribution in [0.5, 0.6) is 34.5 Å². The quantitative estimate of drug-likeness (QED) is 0.0911. The van der Waals surface area contributed by atoms with Crippen LogP contribution in [-0.2, 0) is 29.5 Å². The number of hydrogen-bond donors (Lipinski definition) is 2. The van der Waals surface area contributed by atoms with Crippen molar-refractivity contribution in [3.63, 3.8) is 0 Å². The maximum atomic E-state index is 13.2. The van der Waals surface area contributed by atoms with Gasteiger partial charge in [-0.15, -0.1) is 0 Å². The van der Waals surface area contributed by atoms with Crippen molar-refractivity contribution < 1.29 is 54.4 Å². The van der Waals surface area contributed by atoms with E-state index in [1.807, 2.05) is 0 Å². The van der Waals surface area contributed by atoms with Gasteiger partial charge in [0.05, 0.1) is 42.6 Å². The minimum absolute atomic E-state index is 0.0243. The molecule has 12 nitrogen and oxygen atoms in total. The Labute approximate surface area is 324 Å². The second kappa shape index (κ2) is 17.2. The summed E-state index contributed by atoms with van der Waals surface area (Å²) in [6, 6.07) is 34.6. The summed E-state index contributed by atoms with van der Waals surface area (Å²) >= 11 is 0. The third-order valence-corrected chi connectivity index (χ3v) is 13.6. The molecule has 0 aliphatic carbocycles. The minimum Gasteiger partial charge on any atom is -0.508 e. The second-order valence-electron chi connectivity index (χ2n) is 12.1. The maximum absolute atomic E-state index is 13.2. The van der Waals surface area contributed by atoms with Gasteiger partial charge in [-0.05, 0) is 146 Å². The van der Waals surface area contributed by atoms with Gasteiger partial charge in [0.25, 0.3) is 0 Å². The van der Waals surface area contributed by atoms with E-state index in [1.54, 1.807) is 36.4 Å². The van der Waals surface area contributed by atoms with Crippen LogP contribution in [0.25, 0.3) is 0 Å². The summed E-state index contributed by atoms with van der Waals surface area (Å²) < 4.78 is 100. The molecule has 0 bridgehead atoms. The van der Waals surface area contributed by atoms with Gasteiger partial charge in [-0.2, -0.15) is 0 Å². The van der Waals surface area contributed by atoms with Crippen LogP contribution in [0.1, 0.15) is 6.42 Å². The monoisotopic (exact) mass is 816 g/mol. The highest BCUT2D eigenvalue weighted by Crippen LogP contribution is 2.28. The normalized spacial score (nSPS) is 11.8. The zero-order chi connectivity index (χ0) is 39.8. The topological polar surface area (TPSA) is 180 Å². The smallest absolute Gasteiger partial charge is 0.206 e. The van der Waals surface area contributed by atoms with Crippen molar-refractivity contribution in [1.82, 2.24) is 0 Å². The molecule has 15 heteroatoms. The average molecular weight is 817 g/mol. The predicted octanol–water partition coefficient (Wildman–Crippen LogP) is 6.90. The molecule has 6 rings (SSSR count). The van der Waals surface area contributed by atoms with Gasteiger partial charge in [0.15, 0.2) is 0 Å². The first-order valence-electron chi connectivity index (χ1n) is 17.1. The minimum atomic E-state index is -3.81. The van der Waals surface area contributed by atoms with Gasteiger partial charge in [0.1, 0.15) is 47.7 Å². The van der Waals surface area contributed by atoms with Crippen LogP contribution in [-0.4, -0.2) is 61.9 Å². The predicted molar refractivity (Wildman–Crippen MR) is 205 cm³/mol. The maximum Gasteiger partial charge on any atom is 0.206 e. The van der Waals surface area contributed by atoms with E-state index in [2.05, 4.69) is 0 Å². The van der Waals surface area contributed by atoms with Gasteiger partial charge in [-0.3, -0.25) is 0 Å². The first kappa shape index (κ1) is 39.7. The van der Waals surface area contributed by atoms with Crippen LogP contribution >= 0.6 is 0 Å². The number of rotatable bonds is 17. The number of sulfone groups is 3. The van der Waals surface area contributed by atoms with Crippen molar-refractivity contribution >= 4 is 29.5 Å². The Kier molecular flexibility index (Phi) is 12.2. The Balaban J connectivity index is 0.912. The Hall–Kier alpha value is -6.03. The molecule has 0 fully saturated rings. The fourth-order valence-electron chi connectivity index (χ4n) is 5.28. The lowest BCUT2D eigenvalue weighted by Crippen LogP contribution is -2.09. The standard InChI is InChI=1S/C41H36O12S3/c42-30-2-14-36(15-3-30)54(44,45)38-18-6-32(7-19-38)50-26-1-27-51-33-8-20-40(21-9-33)56(48,49)41-24-12-35(13-25-41)53-29-28-52-34-10-22-39(23-11-34)55(46,47)37-16-4-31(43)5-17-37/h2-25,42-43H,1,26-29H2. The van der Waals surface area contributed by atoms with Crippen LogP contribution in [0.2, 0.25) is 0 Å². The molecule has 0 saturated heterocycles. The number of aromatic hydroxyl groups is 2.